The van der Waals surface area contributed by atoms with Crippen LogP contribution in [0.25, 0.3) is 11.4 Å². The fourth-order valence-corrected chi connectivity index (χ4v) is 4.56. The van der Waals surface area contributed by atoms with Crippen LogP contribution in [0.3, 0.4) is 0 Å². The molecule has 4 rings (SSSR count). The van der Waals surface area contributed by atoms with Gasteiger partial charge in [0.25, 0.3) is 0 Å². The minimum absolute atomic E-state index is 0.218. The van der Waals surface area contributed by atoms with Gasteiger partial charge in [0.1, 0.15) is 0 Å². The maximum atomic E-state index is 12.3. The van der Waals surface area contributed by atoms with Crippen LogP contribution in [0.4, 0.5) is 4.79 Å². The van der Waals surface area contributed by atoms with Gasteiger partial charge in [0.2, 0.25) is 0 Å². The summed E-state index contributed by atoms with van der Waals surface area (Å²) in [6.45, 7) is 8.63. The molecule has 28 heavy (non-hydrogen) atoms. The Bertz CT molecular complexity index is 826. The van der Waals surface area contributed by atoms with Crippen LogP contribution in [0.1, 0.15) is 32.5 Å². The first kappa shape index (κ1) is 18.9. The first-order valence-corrected chi connectivity index (χ1v) is 9.93. The van der Waals surface area contributed by atoms with E-state index in [0.29, 0.717) is 19.0 Å². The summed E-state index contributed by atoms with van der Waals surface area (Å²) >= 11 is 0. The third kappa shape index (κ3) is 3.37. The van der Waals surface area contributed by atoms with Crippen molar-refractivity contribution in [3.05, 3.63) is 30.4 Å². The van der Waals surface area contributed by atoms with Gasteiger partial charge in [0, 0.05) is 44.1 Å². The molecule has 0 aromatic carbocycles. The highest BCUT2D eigenvalue weighted by Gasteiger charge is 2.45. The number of carbonyl (C=O) groups excluding carboxylic acids is 1. The van der Waals surface area contributed by atoms with Gasteiger partial charge in [-0.25, -0.2) is 4.79 Å². The lowest BCUT2D eigenvalue weighted by Crippen LogP contribution is -2.57. The van der Waals surface area contributed by atoms with Gasteiger partial charge in [-0.15, -0.1) is 10.2 Å². The van der Waals surface area contributed by atoms with E-state index in [-0.39, 0.29) is 11.6 Å². The highest BCUT2D eigenvalue weighted by Crippen LogP contribution is 2.39. The smallest absolute Gasteiger partial charge is 0.409 e. The molecule has 0 saturated carbocycles. The van der Waals surface area contributed by atoms with Crippen molar-refractivity contribution in [3.63, 3.8) is 0 Å². The molecule has 2 aliphatic rings. The van der Waals surface area contributed by atoms with Crippen LogP contribution < -0.4 is 0 Å². The molecule has 0 N–H and O–H groups in total. The van der Waals surface area contributed by atoms with E-state index in [1.54, 1.807) is 11.1 Å². The number of methoxy groups -OCH3 is 1. The fraction of sp³-hybridized carbons (Fsp3) is 0.600. The SMILES string of the molecule is COC(=O)N1Cc2nnc(-c3cccnc3)n2C2(CCN(CC(C)C)CC2)C1. The highest BCUT2D eigenvalue weighted by atomic mass is 16.5. The number of aromatic nitrogens is 4. The van der Waals surface area contributed by atoms with Gasteiger partial charge in [-0.1, -0.05) is 13.8 Å². The second-order valence-electron chi connectivity index (χ2n) is 8.26. The number of hydrogen-bond acceptors (Lipinski definition) is 6. The molecule has 1 saturated heterocycles. The summed E-state index contributed by atoms with van der Waals surface area (Å²) in [7, 11) is 1.43. The fourth-order valence-electron chi connectivity index (χ4n) is 4.56. The van der Waals surface area contributed by atoms with Gasteiger partial charge in [0.15, 0.2) is 11.6 Å². The van der Waals surface area contributed by atoms with E-state index in [2.05, 4.69) is 38.5 Å². The number of fused-ring (bicyclic) bond motifs is 2. The normalized spacial score (nSPS) is 19.1. The predicted molar refractivity (Wildman–Crippen MR) is 105 cm³/mol. The molecule has 4 heterocycles. The van der Waals surface area contributed by atoms with E-state index in [1.807, 2.05) is 18.3 Å². The van der Waals surface area contributed by atoms with E-state index < -0.39 is 0 Å². The number of nitrogens with zero attached hydrogens (tertiary/aromatic N) is 6. The molecule has 0 unspecified atom stereocenters. The first-order chi connectivity index (χ1) is 13.5. The molecular formula is C20H28N6O2. The molecular weight excluding hydrogens is 356 g/mol. The summed E-state index contributed by atoms with van der Waals surface area (Å²) in [5.41, 5.74) is 0.737. The summed E-state index contributed by atoms with van der Waals surface area (Å²) in [4.78, 5) is 20.8. The van der Waals surface area contributed by atoms with Gasteiger partial charge < -0.3 is 14.2 Å². The molecule has 0 radical (unpaired) electrons. The number of hydrogen-bond donors (Lipinski definition) is 0. The number of ether oxygens (including phenoxy) is 1. The standard InChI is InChI=1S/C20H28N6O2/c1-15(2)12-24-9-6-20(7-10-24)14-25(19(27)28-3)13-17-22-23-18(26(17)20)16-5-4-8-21-11-16/h4-5,8,11,15H,6-7,9-10,12-14H2,1-3H3. The summed E-state index contributed by atoms with van der Waals surface area (Å²) < 4.78 is 7.29. The third-order valence-corrected chi connectivity index (χ3v) is 5.78. The highest BCUT2D eigenvalue weighted by molar-refractivity contribution is 5.68. The van der Waals surface area contributed by atoms with Crippen LogP contribution in [0.5, 0.6) is 0 Å². The Morgan fingerprint density at radius 2 is 2.07 bits per heavy atom. The molecule has 1 spiro atoms. The monoisotopic (exact) mass is 384 g/mol. The average molecular weight is 384 g/mol. The maximum Gasteiger partial charge on any atom is 0.409 e. The Balaban J connectivity index is 1.71. The van der Waals surface area contributed by atoms with Gasteiger partial charge in [-0.2, -0.15) is 0 Å². The number of carbonyl (C=O) groups is 1. The molecule has 2 aromatic rings. The van der Waals surface area contributed by atoms with Gasteiger partial charge in [0.05, 0.1) is 19.2 Å². The molecule has 150 valence electrons. The van der Waals surface area contributed by atoms with E-state index in [4.69, 9.17) is 4.74 Å². The van der Waals surface area contributed by atoms with Crippen LogP contribution in [-0.4, -0.2) is 68.9 Å². The molecule has 8 nitrogen and oxygen atoms in total. The van der Waals surface area contributed by atoms with Crippen molar-refractivity contribution in [1.82, 2.24) is 29.5 Å². The van der Waals surface area contributed by atoms with Gasteiger partial charge in [-0.05, 0) is 30.9 Å². The van der Waals surface area contributed by atoms with Crippen LogP contribution >= 0.6 is 0 Å². The van der Waals surface area contributed by atoms with Crippen molar-refractivity contribution >= 4 is 6.09 Å². The average Bonchev–Trinajstić information content (AvgIpc) is 3.14. The lowest BCUT2D eigenvalue weighted by atomic mass is 9.84. The summed E-state index contributed by atoms with van der Waals surface area (Å²) in [6.07, 6.45) is 5.18. The Kier molecular flexibility index (Phi) is 5.05. The zero-order chi connectivity index (χ0) is 19.7. The van der Waals surface area contributed by atoms with Crippen molar-refractivity contribution in [1.29, 1.82) is 0 Å². The second-order valence-corrected chi connectivity index (χ2v) is 8.26. The van der Waals surface area contributed by atoms with Crippen LogP contribution in [0, 0.1) is 5.92 Å². The Labute approximate surface area is 165 Å². The molecule has 1 amide bonds. The minimum atomic E-state index is -0.304. The number of piperidine rings is 1. The van der Waals surface area contributed by atoms with E-state index in [9.17, 15) is 4.79 Å². The van der Waals surface area contributed by atoms with E-state index >= 15 is 0 Å². The Morgan fingerprint density at radius 1 is 1.29 bits per heavy atom. The summed E-state index contributed by atoms with van der Waals surface area (Å²) in [5, 5.41) is 8.92. The maximum absolute atomic E-state index is 12.3. The number of pyridine rings is 1. The van der Waals surface area contributed by atoms with Crippen molar-refractivity contribution in [2.24, 2.45) is 5.92 Å². The zero-order valence-corrected chi connectivity index (χ0v) is 16.8. The third-order valence-electron chi connectivity index (χ3n) is 5.78. The largest absolute Gasteiger partial charge is 0.453 e. The molecule has 1 fully saturated rings. The Hall–Kier alpha value is -2.48. The van der Waals surface area contributed by atoms with Crippen molar-refractivity contribution in [2.45, 2.75) is 38.8 Å². The summed E-state index contributed by atoms with van der Waals surface area (Å²) in [6, 6.07) is 3.93. The first-order valence-electron chi connectivity index (χ1n) is 9.93. The van der Waals surface area contributed by atoms with Crippen molar-refractivity contribution in [3.8, 4) is 11.4 Å². The quantitative estimate of drug-likeness (QED) is 0.809. The molecule has 8 heteroatoms. The number of rotatable bonds is 3. The molecule has 0 atom stereocenters. The minimum Gasteiger partial charge on any atom is -0.453 e. The lowest BCUT2D eigenvalue weighted by molar-refractivity contribution is 0.0335. The molecule has 2 aromatic heterocycles. The van der Waals surface area contributed by atoms with Gasteiger partial charge in [-0.3, -0.25) is 9.88 Å². The zero-order valence-electron chi connectivity index (χ0n) is 16.8. The van der Waals surface area contributed by atoms with Crippen LogP contribution in [0.2, 0.25) is 0 Å². The van der Waals surface area contributed by atoms with Crippen molar-refractivity contribution < 1.29 is 9.53 Å². The van der Waals surface area contributed by atoms with Gasteiger partial charge >= 0.3 is 6.09 Å². The molecule has 0 aliphatic carbocycles. The topological polar surface area (TPSA) is 76.4 Å². The summed E-state index contributed by atoms with van der Waals surface area (Å²) in [5.74, 6) is 2.29. The second kappa shape index (κ2) is 7.50. The van der Waals surface area contributed by atoms with E-state index in [1.165, 1.54) is 7.11 Å². The number of amides is 1. The predicted octanol–water partition coefficient (Wildman–Crippen LogP) is 2.37. The number of likely N-dealkylation sites (tertiary alicyclic amines) is 1. The van der Waals surface area contributed by atoms with Crippen molar-refractivity contribution in [2.75, 3.05) is 33.3 Å². The van der Waals surface area contributed by atoms with Crippen LogP contribution in [-0.2, 0) is 16.8 Å². The Morgan fingerprint density at radius 3 is 2.71 bits per heavy atom. The van der Waals surface area contributed by atoms with Crippen LogP contribution in [0.15, 0.2) is 24.5 Å². The molecule has 2 aliphatic heterocycles. The lowest BCUT2D eigenvalue weighted by Gasteiger charge is -2.48. The van der Waals surface area contributed by atoms with E-state index in [0.717, 1.165) is 49.7 Å². The molecule has 0 bridgehead atoms.